The predicted molar refractivity (Wildman–Crippen MR) is 76.0 cm³/mol. The lowest BCUT2D eigenvalue weighted by Crippen LogP contribution is -2.19. The maximum absolute atomic E-state index is 5.90. The lowest BCUT2D eigenvalue weighted by Gasteiger charge is -2.18. The summed E-state index contributed by atoms with van der Waals surface area (Å²) in [7, 11) is 2.06. The second-order valence-electron chi connectivity index (χ2n) is 6.32. The van der Waals surface area contributed by atoms with Crippen molar-refractivity contribution in [2.45, 2.75) is 63.2 Å². The van der Waals surface area contributed by atoms with E-state index < -0.39 is 0 Å². The smallest absolute Gasteiger partial charge is 0.154 e. The highest BCUT2D eigenvalue weighted by Gasteiger charge is 2.32. The van der Waals surface area contributed by atoms with E-state index in [9.17, 15) is 0 Å². The number of aryl methyl sites for hydroxylation is 1. The maximum atomic E-state index is 5.90. The van der Waals surface area contributed by atoms with Crippen molar-refractivity contribution in [1.82, 2.24) is 14.8 Å². The summed E-state index contributed by atoms with van der Waals surface area (Å²) in [5, 5.41) is 4.71. The molecular weight excluding hydrogens is 236 g/mol. The van der Waals surface area contributed by atoms with Gasteiger partial charge in [0.2, 0.25) is 0 Å². The summed E-state index contributed by atoms with van der Waals surface area (Å²) in [6.45, 7) is 0.788. The molecule has 106 valence electrons. The van der Waals surface area contributed by atoms with Crippen molar-refractivity contribution in [2.24, 2.45) is 18.7 Å². The molecule has 0 radical (unpaired) electrons. The Morgan fingerprint density at radius 2 is 1.89 bits per heavy atom. The molecule has 1 heterocycles. The molecule has 2 aliphatic carbocycles. The van der Waals surface area contributed by atoms with Crippen LogP contribution in [0.3, 0.4) is 0 Å². The number of rotatable bonds is 3. The first kappa shape index (κ1) is 13.1. The van der Waals surface area contributed by atoms with Gasteiger partial charge < -0.3 is 5.73 Å². The molecule has 1 aromatic rings. The van der Waals surface area contributed by atoms with Crippen molar-refractivity contribution in [2.75, 3.05) is 6.54 Å². The van der Waals surface area contributed by atoms with Crippen LogP contribution in [-0.4, -0.2) is 21.3 Å². The van der Waals surface area contributed by atoms with Gasteiger partial charge in [-0.2, -0.15) is 5.10 Å². The molecule has 0 saturated heterocycles. The molecule has 4 nitrogen and oxygen atoms in total. The second-order valence-corrected chi connectivity index (χ2v) is 6.32. The molecule has 19 heavy (non-hydrogen) atoms. The van der Waals surface area contributed by atoms with E-state index in [-0.39, 0.29) is 0 Å². The highest BCUT2D eigenvalue weighted by atomic mass is 15.3. The fraction of sp³-hybridized carbons (Fsp3) is 0.867. The zero-order valence-corrected chi connectivity index (χ0v) is 12.0. The Labute approximate surface area is 115 Å². The van der Waals surface area contributed by atoms with Gasteiger partial charge in [-0.25, -0.2) is 4.98 Å². The van der Waals surface area contributed by atoms with E-state index >= 15 is 0 Å². The van der Waals surface area contributed by atoms with Crippen molar-refractivity contribution in [3.05, 3.63) is 11.6 Å². The molecule has 2 atom stereocenters. The normalized spacial score (nSPS) is 28.9. The average molecular weight is 262 g/mol. The third kappa shape index (κ3) is 2.55. The van der Waals surface area contributed by atoms with Crippen molar-refractivity contribution in [3.8, 4) is 0 Å². The van der Waals surface area contributed by atoms with Crippen molar-refractivity contribution < 1.29 is 0 Å². The third-order valence-corrected chi connectivity index (χ3v) is 5.08. The molecule has 0 aromatic carbocycles. The molecule has 2 aliphatic rings. The lowest BCUT2D eigenvalue weighted by molar-refractivity contribution is 0.427. The van der Waals surface area contributed by atoms with Gasteiger partial charge in [0.05, 0.1) is 0 Å². The van der Waals surface area contributed by atoms with E-state index in [0.717, 1.165) is 12.4 Å². The van der Waals surface area contributed by atoms with Gasteiger partial charge in [-0.1, -0.05) is 25.7 Å². The Bertz CT molecular complexity index is 420. The molecule has 1 aromatic heterocycles. The van der Waals surface area contributed by atoms with Gasteiger partial charge in [0.25, 0.3) is 0 Å². The van der Waals surface area contributed by atoms with Gasteiger partial charge in [-0.05, 0) is 38.1 Å². The molecule has 4 heteroatoms. The summed E-state index contributed by atoms with van der Waals surface area (Å²) in [6, 6.07) is 0. The first-order valence-corrected chi connectivity index (χ1v) is 7.90. The number of nitrogens with two attached hydrogens (primary N) is 1. The molecule has 0 amide bonds. The molecule has 2 fully saturated rings. The summed E-state index contributed by atoms with van der Waals surface area (Å²) < 4.78 is 2.03. The van der Waals surface area contributed by atoms with E-state index in [0.29, 0.717) is 17.8 Å². The van der Waals surface area contributed by atoms with E-state index in [4.69, 9.17) is 15.8 Å². The Balaban J connectivity index is 1.80. The minimum atomic E-state index is 0.542. The van der Waals surface area contributed by atoms with Crippen LogP contribution in [0, 0.1) is 5.92 Å². The van der Waals surface area contributed by atoms with Gasteiger partial charge in [-0.3, -0.25) is 4.68 Å². The van der Waals surface area contributed by atoms with E-state index in [1.54, 1.807) is 0 Å². The summed E-state index contributed by atoms with van der Waals surface area (Å²) in [4.78, 5) is 4.91. The summed E-state index contributed by atoms with van der Waals surface area (Å²) in [5.41, 5.74) is 5.90. The minimum Gasteiger partial charge on any atom is -0.330 e. The zero-order valence-electron chi connectivity index (χ0n) is 12.0. The third-order valence-electron chi connectivity index (χ3n) is 5.08. The first-order valence-electron chi connectivity index (χ1n) is 7.90. The highest BCUT2D eigenvalue weighted by molar-refractivity contribution is 5.08. The Hall–Kier alpha value is -0.900. The van der Waals surface area contributed by atoms with Gasteiger partial charge in [0.1, 0.15) is 5.82 Å². The predicted octanol–water partition coefficient (Wildman–Crippen LogP) is 2.71. The maximum Gasteiger partial charge on any atom is 0.154 e. The first-order chi connectivity index (χ1) is 9.29. The van der Waals surface area contributed by atoms with Gasteiger partial charge in [0.15, 0.2) is 5.82 Å². The van der Waals surface area contributed by atoms with Crippen molar-refractivity contribution in [1.29, 1.82) is 0 Å². The molecule has 0 spiro atoms. The summed E-state index contributed by atoms with van der Waals surface area (Å²) in [5.74, 6) is 4.04. The largest absolute Gasteiger partial charge is 0.330 e. The van der Waals surface area contributed by atoms with E-state index in [1.807, 2.05) is 4.68 Å². The monoisotopic (exact) mass is 262 g/mol. The van der Waals surface area contributed by atoms with Crippen LogP contribution >= 0.6 is 0 Å². The lowest BCUT2D eigenvalue weighted by atomic mass is 9.89. The van der Waals surface area contributed by atoms with Crippen molar-refractivity contribution >= 4 is 0 Å². The Kier molecular flexibility index (Phi) is 3.87. The van der Waals surface area contributed by atoms with Gasteiger partial charge in [0, 0.05) is 18.9 Å². The average Bonchev–Trinajstić information content (AvgIpc) is 3.05. The molecule has 3 rings (SSSR count). The van der Waals surface area contributed by atoms with Gasteiger partial charge in [-0.15, -0.1) is 0 Å². The fourth-order valence-electron chi connectivity index (χ4n) is 3.93. The number of nitrogens with zero attached hydrogens (tertiary/aromatic N) is 3. The fourth-order valence-corrected chi connectivity index (χ4v) is 3.93. The van der Waals surface area contributed by atoms with Crippen LogP contribution in [0.15, 0.2) is 0 Å². The van der Waals surface area contributed by atoms with Crippen LogP contribution in [-0.2, 0) is 7.05 Å². The molecular formula is C15H26N4. The molecule has 0 bridgehead atoms. The van der Waals surface area contributed by atoms with Crippen molar-refractivity contribution in [3.63, 3.8) is 0 Å². The topological polar surface area (TPSA) is 56.7 Å². The van der Waals surface area contributed by atoms with Gasteiger partial charge >= 0.3 is 0 Å². The summed E-state index contributed by atoms with van der Waals surface area (Å²) in [6.07, 6.45) is 10.4. The van der Waals surface area contributed by atoms with Crippen LogP contribution in [0.25, 0.3) is 0 Å². The summed E-state index contributed by atoms with van der Waals surface area (Å²) >= 11 is 0. The van der Waals surface area contributed by atoms with Crippen LogP contribution in [0.2, 0.25) is 0 Å². The van der Waals surface area contributed by atoms with Crippen LogP contribution in [0.4, 0.5) is 0 Å². The molecule has 2 N–H and O–H groups in total. The SMILES string of the molecule is Cn1nc(C2CCCCC2)nc1C1CCCC1CN. The quantitative estimate of drug-likeness (QED) is 0.911. The standard InChI is InChI=1S/C15H26N4/c1-19-15(13-9-5-8-12(13)10-16)17-14(18-19)11-6-3-2-4-7-11/h11-13H,2-10,16H2,1H3. The zero-order chi connectivity index (χ0) is 13.2. The Morgan fingerprint density at radius 3 is 2.63 bits per heavy atom. The van der Waals surface area contributed by atoms with Crippen LogP contribution in [0.1, 0.15) is 74.9 Å². The van der Waals surface area contributed by atoms with E-state index in [2.05, 4.69) is 7.05 Å². The van der Waals surface area contributed by atoms with E-state index in [1.165, 1.54) is 57.2 Å². The molecule has 0 aliphatic heterocycles. The van der Waals surface area contributed by atoms with Crippen LogP contribution in [0.5, 0.6) is 0 Å². The second kappa shape index (κ2) is 5.61. The number of aromatic nitrogens is 3. The minimum absolute atomic E-state index is 0.542. The molecule has 2 unspecified atom stereocenters. The van der Waals surface area contributed by atoms with Crippen LogP contribution < -0.4 is 5.73 Å². The number of hydrogen-bond acceptors (Lipinski definition) is 3. The number of hydrogen-bond donors (Lipinski definition) is 1. The Morgan fingerprint density at radius 1 is 1.11 bits per heavy atom. The highest BCUT2D eigenvalue weighted by Crippen LogP contribution is 2.39. The molecule has 2 saturated carbocycles.